The molecule has 4 bridgehead atoms. The fourth-order valence-corrected chi connectivity index (χ4v) is 17.5. The van der Waals surface area contributed by atoms with Crippen LogP contribution in [0.4, 0.5) is 0 Å². The van der Waals surface area contributed by atoms with E-state index in [1.807, 2.05) is 0 Å². The van der Waals surface area contributed by atoms with Gasteiger partial charge in [0.05, 0.1) is 0 Å². The molecule has 0 aromatic heterocycles. The van der Waals surface area contributed by atoms with Gasteiger partial charge >= 0.3 is 0 Å². The van der Waals surface area contributed by atoms with Crippen LogP contribution in [0.2, 0.25) is 0 Å². The monoisotopic (exact) mass is 1090 g/mol. The third-order valence-electron chi connectivity index (χ3n) is 26.5. The molecule has 0 aliphatic heterocycles. The summed E-state index contributed by atoms with van der Waals surface area (Å²) in [6.45, 7) is 50.3. The molecule has 464 valence electrons. The maximum atomic E-state index is 2.48. The highest BCUT2D eigenvalue weighted by molar-refractivity contribution is 4.97. The second kappa shape index (κ2) is 35.5. The minimum absolute atomic E-state index is 0.571. The quantitative estimate of drug-likeness (QED) is 0.259. The molecule has 0 saturated heterocycles. The summed E-state index contributed by atoms with van der Waals surface area (Å²) in [5, 5.41) is 0. The lowest BCUT2D eigenvalue weighted by Gasteiger charge is -2.47. The van der Waals surface area contributed by atoms with Crippen LogP contribution in [0.25, 0.3) is 0 Å². The van der Waals surface area contributed by atoms with Crippen molar-refractivity contribution in [2.75, 3.05) is 0 Å². The van der Waals surface area contributed by atoms with Crippen molar-refractivity contribution in [2.45, 2.75) is 383 Å². The topological polar surface area (TPSA) is 0 Å². The molecule has 11 rings (SSSR count). The lowest BCUT2D eigenvalue weighted by molar-refractivity contribution is 0.0286. The Morgan fingerprint density at radius 1 is 0.321 bits per heavy atom. The van der Waals surface area contributed by atoms with Crippen LogP contribution in [-0.4, -0.2) is 0 Å². The van der Waals surface area contributed by atoms with Crippen molar-refractivity contribution < 1.29 is 0 Å². The summed E-state index contributed by atoms with van der Waals surface area (Å²) in [6, 6.07) is 0. The van der Waals surface area contributed by atoms with Gasteiger partial charge in [0.2, 0.25) is 0 Å². The molecule has 0 spiro atoms. The molecule has 0 amide bonds. The Balaban J connectivity index is 0.000000231. The van der Waals surface area contributed by atoms with Crippen molar-refractivity contribution in [3.05, 3.63) is 0 Å². The van der Waals surface area contributed by atoms with Crippen LogP contribution in [0.15, 0.2) is 0 Å². The van der Waals surface area contributed by atoms with Crippen molar-refractivity contribution in [1.29, 1.82) is 0 Å². The van der Waals surface area contributed by atoms with Gasteiger partial charge in [0.15, 0.2) is 0 Å². The fraction of sp³-hybridized carbons (Fsp3) is 1.00. The van der Waals surface area contributed by atoms with Crippen LogP contribution >= 0.6 is 0 Å². The summed E-state index contributed by atoms with van der Waals surface area (Å²) in [5.74, 6) is 15.4. The van der Waals surface area contributed by atoms with Crippen LogP contribution in [0.3, 0.4) is 0 Å². The van der Waals surface area contributed by atoms with Crippen molar-refractivity contribution in [3.8, 4) is 0 Å². The molecule has 7 unspecified atom stereocenters. The zero-order chi connectivity index (χ0) is 58.3. The summed E-state index contributed by atoms with van der Waals surface area (Å²) in [5.41, 5.74) is 3.21. The van der Waals surface area contributed by atoms with Crippen LogP contribution in [0.5, 0.6) is 0 Å². The van der Waals surface area contributed by atoms with Gasteiger partial charge in [-0.3, -0.25) is 0 Å². The molecule has 0 heterocycles. The van der Waals surface area contributed by atoms with E-state index in [4.69, 9.17) is 0 Å². The molecule has 11 fully saturated rings. The summed E-state index contributed by atoms with van der Waals surface area (Å²) >= 11 is 0. The molecule has 0 nitrogen and oxygen atoms in total. The molecular weight excluding hydrogens is 937 g/mol. The minimum Gasteiger partial charge on any atom is -0.0651 e. The van der Waals surface area contributed by atoms with E-state index in [0.717, 1.165) is 94.2 Å². The highest BCUT2D eigenvalue weighted by Crippen LogP contribution is 2.57. The lowest BCUT2D eigenvalue weighted by Crippen LogP contribution is -2.38. The Morgan fingerprint density at radius 3 is 1.06 bits per heavy atom. The molecule has 11 aliphatic carbocycles. The largest absolute Gasteiger partial charge is 0.0651 e. The molecule has 0 aromatic carbocycles. The van der Waals surface area contributed by atoms with Gasteiger partial charge in [0.1, 0.15) is 0 Å². The maximum absolute atomic E-state index is 2.48. The lowest BCUT2D eigenvalue weighted by atomic mass is 9.58. The molecule has 78 heavy (non-hydrogen) atoms. The van der Waals surface area contributed by atoms with Gasteiger partial charge in [-0.1, -0.05) is 306 Å². The minimum atomic E-state index is 0.571. The zero-order valence-corrected chi connectivity index (χ0v) is 58.3. The van der Waals surface area contributed by atoms with E-state index in [1.165, 1.54) is 212 Å². The standard InChI is InChI=1S/C11H22.C9H16.3C9H18.C8H14.2C8H16.C7H14/c1-9-10(2,3)7-6-8-11(9,4)5;1-7-5-8-3-4-9(7,2)6-8;1-8-4-6-9(2,3)7-5-8;1-8-6-4-5-7-9(8,2)3;1-7-5-4-6-8(2)9(7)3;1-6-4-7-2-3-8(6)5-7;1-7-5-3-4-6-8(7)2;1-2-8-6-4-3-5-7-8;1-2-7-5-3-4-6-7/h9H,6-8H2,1-5H3;7-8H,3-6H2,1-2H3;2*8H,4-7H2,1-3H3;7-9H,4-6H2,1-3H3;6-8H,2-5H2,1H3;7-8H,3-6H2,1-2H3;8H,2-7H2,1H3;7H,2-6H2,1H3/t;7-,8?,9?;;8-;;6-,7?,8?;7-,8?;;/m.0.1.01../s1. The average molecular weight is 1090 g/mol. The van der Waals surface area contributed by atoms with E-state index in [0.29, 0.717) is 21.7 Å². The van der Waals surface area contributed by atoms with E-state index >= 15 is 0 Å². The Kier molecular flexibility index (Phi) is 32.8. The van der Waals surface area contributed by atoms with E-state index in [1.54, 1.807) is 25.7 Å². The normalized spacial score (nSPS) is 37.3. The van der Waals surface area contributed by atoms with Gasteiger partial charge in [-0.25, -0.2) is 0 Å². The Hall–Kier alpha value is 0. The molecule has 0 heteroatoms. The molecule has 11 saturated carbocycles. The van der Waals surface area contributed by atoms with Gasteiger partial charge in [0.25, 0.3) is 0 Å². The molecule has 11 aliphatic rings. The smallest absolute Gasteiger partial charge is 0.0297 e. The Bertz CT molecular complexity index is 1440. The predicted molar refractivity (Wildman–Crippen MR) is 354 cm³/mol. The van der Waals surface area contributed by atoms with Crippen molar-refractivity contribution in [1.82, 2.24) is 0 Å². The molecule has 0 aromatic rings. The van der Waals surface area contributed by atoms with Crippen LogP contribution < -0.4 is 0 Å². The highest BCUT2D eigenvalue weighted by atomic mass is 14.5. The van der Waals surface area contributed by atoms with Crippen molar-refractivity contribution in [3.63, 3.8) is 0 Å². The molecule has 0 N–H and O–H groups in total. The number of fused-ring (bicyclic) bond motifs is 4. The third-order valence-corrected chi connectivity index (χ3v) is 26.5. The van der Waals surface area contributed by atoms with Gasteiger partial charge in [0, 0.05) is 0 Å². The van der Waals surface area contributed by atoms with Crippen molar-refractivity contribution >= 4 is 0 Å². The molecule has 11 atom stereocenters. The maximum Gasteiger partial charge on any atom is -0.0297 e. The second-order valence-electron chi connectivity index (χ2n) is 34.5. The first kappa shape index (κ1) is 72.3. The molecule has 0 radical (unpaired) electrons. The summed E-state index contributed by atoms with van der Waals surface area (Å²) < 4.78 is 0. The van der Waals surface area contributed by atoms with E-state index in [2.05, 4.69) is 145 Å². The van der Waals surface area contributed by atoms with Crippen LogP contribution in [0.1, 0.15) is 383 Å². The van der Waals surface area contributed by atoms with Crippen molar-refractivity contribution in [2.24, 2.45) is 116 Å². The van der Waals surface area contributed by atoms with Gasteiger partial charge < -0.3 is 0 Å². The summed E-state index contributed by atoms with van der Waals surface area (Å²) in [6.07, 6.45) is 54.8. The number of hydrogen-bond acceptors (Lipinski definition) is 0. The number of hydrogen-bond donors (Lipinski definition) is 0. The zero-order valence-electron chi connectivity index (χ0n) is 58.3. The van der Waals surface area contributed by atoms with E-state index in [-0.39, 0.29) is 0 Å². The Morgan fingerprint density at radius 2 is 0.782 bits per heavy atom. The molecular formula is C78H152. The first-order valence-electron chi connectivity index (χ1n) is 36.5. The summed E-state index contributed by atoms with van der Waals surface area (Å²) in [7, 11) is 0. The second-order valence-corrected chi connectivity index (χ2v) is 34.5. The summed E-state index contributed by atoms with van der Waals surface area (Å²) in [4.78, 5) is 0. The van der Waals surface area contributed by atoms with E-state index in [9.17, 15) is 0 Å². The van der Waals surface area contributed by atoms with Crippen LogP contribution in [0, 0.1) is 116 Å². The average Bonchev–Trinajstić information content (AvgIpc) is 4.27. The highest BCUT2D eigenvalue weighted by Gasteiger charge is 2.46. The number of rotatable bonds is 2. The third kappa shape index (κ3) is 26.1. The first-order valence-corrected chi connectivity index (χ1v) is 36.5. The SMILES string of the molecule is CC1C(C)(C)CCCC1(C)C.CC1CCC(C)(C)CC1.CC1CCCC(C)C1C.CC1CCCC[C@H]1C.CCC1CCCC1.CCC1CCCCC1.C[C@@H]1CCCCC1(C)C.C[C@H]1CC2CCC1(C)C2.C[C@H]1CC2CCC1C2. The van der Waals surface area contributed by atoms with Gasteiger partial charge in [-0.2, -0.15) is 0 Å². The fourth-order valence-electron chi connectivity index (χ4n) is 17.5. The van der Waals surface area contributed by atoms with Crippen LogP contribution in [-0.2, 0) is 0 Å². The Labute approximate surface area is 496 Å². The van der Waals surface area contributed by atoms with E-state index < -0.39 is 0 Å². The van der Waals surface area contributed by atoms with Gasteiger partial charge in [-0.15, -0.1) is 0 Å². The predicted octanol–water partition coefficient (Wildman–Crippen LogP) is 27.1. The first-order chi connectivity index (χ1) is 36.5. The van der Waals surface area contributed by atoms with Gasteiger partial charge in [-0.05, 0) is 193 Å².